The molecule has 0 atom stereocenters. The van der Waals surface area contributed by atoms with E-state index in [4.69, 9.17) is 9.15 Å². The van der Waals surface area contributed by atoms with Crippen LogP contribution in [-0.2, 0) is 22.4 Å². The normalized spacial score (nSPS) is 20.3. The highest BCUT2D eigenvalue weighted by molar-refractivity contribution is 5.88. The highest BCUT2D eigenvalue weighted by Crippen LogP contribution is 2.26. The number of furan rings is 1. The molecular formula is C23H33N2O3+. The summed E-state index contributed by atoms with van der Waals surface area (Å²) in [6.45, 7) is 6.70. The molecule has 4 rings (SSSR count). The Balaban J connectivity index is 1.41. The van der Waals surface area contributed by atoms with E-state index in [9.17, 15) is 4.79 Å². The number of fused-ring (bicyclic) bond motifs is 1. The van der Waals surface area contributed by atoms with E-state index in [0.29, 0.717) is 6.42 Å². The molecule has 2 aliphatic rings. The van der Waals surface area contributed by atoms with Gasteiger partial charge in [0.15, 0.2) is 0 Å². The Kier molecular flexibility index (Phi) is 6.02. The highest BCUT2D eigenvalue weighted by atomic mass is 16.5. The molecule has 1 aliphatic heterocycles. The Morgan fingerprint density at radius 3 is 2.71 bits per heavy atom. The van der Waals surface area contributed by atoms with Crippen LogP contribution in [0.15, 0.2) is 28.9 Å². The van der Waals surface area contributed by atoms with Crippen molar-refractivity contribution in [3.05, 3.63) is 35.6 Å². The van der Waals surface area contributed by atoms with Crippen molar-refractivity contribution in [1.29, 1.82) is 0 Å². The van der Waals surface area contributed by atoms with Gasteiger partial charge in [0.2, 0.25) is 5.91 Å². The number of benzene rings is 1. The molecule has 28 heavy (non-hydrogen) atoms. The molecule has 2 heterocycles. The van der Waals surface area contributed by atoms with Crippen LogP contribution < -0.4 is 10.2 Å². The van der Waals surface area contributed by atoms with E-state index in [0.717, 1.165) is 55.8 Å². The zero-order valence-corrected chi connectivity index (χ0v) is 17.0. The lowest BCUT2D eigenvalue weighted by Gasteiger charge is -2.45. The van der Waals surface area contributed by atoms with Crippen molar-refractivity contribution in [2.24, 2.45) is 0 Å². The van der Waals surface area contributed by atoms with Gasteiger partial charge in [0.05, 0.1) is 32.4 Å². The number of hydrogen-bond donors (Lipinski definition) is 2. The molecule has 2 fully saturated rings. The maximum atomic E-state index is 12.8. The van der Waals surface area contributed by atoms with E-state index >= 15 is 0 Å². The predicted octanol–water partition coefficient (Wildman–Crippen LogP) is 2.27. The third-order valence-electron chi connectivity index (χ3n) is 6.76. The molecule has 0 bridgehead atoms. The summed E-state index contributed by atoms with van der Waals surface area (Å²) in [7, 11) is 0. The summed E-state index contributed by atoms with van der Waals surface area (Å²) in [5, 5.41) is 4.33. The first-order chi connectivity index (χ1) is 13.7. The van der Waals surface area contributed by atoms with Gasteiger partial charge in [-0.3, -0.25) is 4.79 Å². The molecule has 152 valence electrons. The topological polar surface area (TPSA) is 55.9 Å². The van der Waals surface area contributed by atoms with E-state index in [1.807, 2.05) is 0 Å². The van der Waals surface area contributed by atoms with Crippen LogP contribution in [0.25, 0.3) is 11.0 Å². The van der Waals surface area contributed by atoms with Gasteiger partial charge >= 0.3 is 0 Å². The first kappa shape index (κ1) is 19.5. The Morgan fingerprint density at radius 1 is 1.18 bits per heavy atom. The minimum absolute atomic E-state index is 0.0971. The number of quaternary nitrogens is 1. The maximum absolute atomic E-state index is 12.8. The second kappa shape index (κ2) is 8.66. The molecule has 5 nitrogen and oxygen atoms in total. The summed E-state index contributed by atoms with van der Waals surface area (Å²) in [5.74, 6) is 0.0971. The molecule has 5 heteroatoms. The molecule has 0 unspecified atom stereocenters. The van der Waals surface area contributed by atoms with Crippen molar-refractivity contribution in [2.45, 2.75) is 57.4 Å². The van der Waals surface area contributed by atoms with E-state index in [1.54, 1.807) is 11.2 Å². The number of aryl methyl sites for hydroxylation is 1. The van der Waals surface area contributed by atoms with Gasteiger partial charge in [-0.2, -0.15) is 0 Å². The Bertz CT molecular complexity index is 801. The summed E-state index contributed by atoms with van der Waals surface area (Å²) in [6.07, 6.45) is 9.38. The summed E-state index contributed by atoms with van der Waals surface area (Å²) < 4.78 is 11.3. The van der Waals surface area contributed by atoms with Crippen LogP contribution in [0.4, 0.5) is 0 Å². The second-order valence-electron chi connectivity index (χ2n) is 8.46. The van der Waals surface area contributed by atoms with Gasteiger partial charge in [0.25, 0.3) is 0 Å². The van der Waals surface area contributed by atoms with Crippen LogP contribution in [0.5, 0.6) is 0 Å². The van der Waals surface area contributed by atoms with Gasteiger partial charge in [-0.05, 0) is 30.9 Å². The van der Waals surface area contributed by atoms with E-state index < -0.39 is 0 Å². The third kappa shape index (κ3) is 4.11. The summed E-state index contributed by atoms with van der Waals surface area (Å²) in [6, 6.07) is 6.29. The standard InChI is InChI=1S/C23H32N2O3/c1-2-18-6-7-20-19(16-28-21(20)14-18)15-22(26)24-17-23(8-4-3-5-9-23)25-10-12-27-13-11-25/h6-7,14,16H,2-5,8-13,15,17H2,1H3,(H,24,26)/p+1. The smallest absolute Gasteiger partial charge is 0.224 e. The van der Waals surface area contributed by atoms with E-state index in [1.165, 1.54) is 37.7 Å². The lowest BCUT2D eigenvalue weighted by atomic mass is 9.79. The van der Waals surface area contributed by atoms with Crippen molar-refractivity contribution < 1.29 is 18.8 Å². The zero-order valence-electron chi connectivity index (χ0n) is 17.0. The van der Waals surface area contributed by atoms with Gasteiger partial charge in [-0.1, -0.05) is 25.5 Å². The first-order valence-corrected chi connectivity index (χ1v) is 10.9. The first-order valence-electron chi connectivity index (χ1n) is 10.9. The van der Waals surface area contributed by atoms with Gasteiger partial charge in [0, 0.05) is 23.8 Å². The molecule has 2 aromatic rings. The van der Waals surface area contributed by atoms with E-state index in [2.05, 4.69) is 30.4 Å². The molecule has 1 saturated carbocycles. The fraction of sp³-hybridized carbons (Fsp3) is 0.609. The van der Waals surface area contributed by atoms with Crippen LogP contribution in [0.3, 0.4) is 0 Å². The molecule has 1 aliphatic carbocycles. The Labute approximate surface area is 167 Å². The lowest BCUT2D eigenvalue weighted by molar-refractivity contribution is -0.960. The van der Waals surface area contributed by atoms with Crippen molar-refractivity contribution in [2.75, 3.05) is 32.8 Å². The summed E-state index contributed by atoms with van der Waals surface area (Å²) >= 11 is 0. The molecule has 1 saturated heterocycles. The zero-order chi connectivity index (χ0) is 19.4. The summed E-state index contributed by atoms with van der Waals surface area (Å²) in [4.78, 5) is 14.4. The Hall–Kier alpha value is -1.85. The molecule has 1 aromatic heterocycles. The maximum Gasteiger partial charge on any atom is 0.224 e. The fourth-order valence-electron chi connectivity index (χ4n) is 5.02. The van der Waals surface area contributed by atoms with Crippen LogP contribution in [-0.4, -0.2) is 44.3 Å². The number of hydrogen-bond acceptors (Lipinski definition) is 3. The average molecular weight is 386 g/mol. The van der Waals surface area contributed by atoms with Crippen LogP contribution in [0.2, 0.25) is 0 Å². The minimum atomic E-state index is 0.0971. The molecule has 2 N–H and O–H groups in total. The number of carbonyl (C=O) groups excluding carboxylic acids is 1. The van der Waals surface area contributed by atoms with Gasteiger partial charge in [0.1, 0.15) is 24.2 Å². The van der Waals surface area contributed by atoms with Crippen LogP contribution in [0.1, 0.15) is 50.2 Å². The van der Waals surface area contributed by atoms with Crippen molar-refractivity contribution in [1.82, 2.24) is 5.32 Å². The molecule has 0 spiro atoms. The van der Waals surface area contributed by atoms with Gasteiger partial charge in [-0.25, -0.2) is 0 Å². The number of carbonyl (C=O) groups is 1. The monoisotopic (exact) mass is 385 g/mol. The minimum Gasteiger partial charge on any atom is -0.464 e. The van der Waals surface area contributed by atoms with Crippen molar-refractivity contribution in [3.8, 4) is 0 Å². The molecule has 1 aromatic carbocycles. The van der Waals surface area contributed by atoms with Crippen molar-refractivity contribution in [3.63, 3.8) is 0 Å². The number of amides is 1. The fourth-order valence-corrected chi connectivity index (χ4v) is 5.02. The molecule has 1 amide bonds. The number of ether oxygens (including phenoxy) is 1. The van der Waals surface area contributed by atoms with Gasteiger partial charge in [-0.15, -0.1) is 0 Å². The van der Waals surface area contributed by atoms with Crippen LogP contribution >= 0.6 is 0 Å². The lowest BCUT2D eigenvalue weighted by Crippen LogP contribution is -3.23. The Morgan fingerprint density at radius 2 is 1.96 bits per heavy atom. The van der Waals surface area contributed by atoms with Crippen LogP contribution in [0, 0.1) is 0 Å². The molecule has 0 radical (unpaired) electrons. The summed E-state index contributed by atoms with van der Waals surface area (Å²) in [5.41, 5.74) is 3.30. The second-order valence-corrected chi connectivity index (χ2v) is 8.46. The largest absolute Gasteiger partial charge is 0.464 e. The predicted molar refractivity (Wildman–Crippen MR) is 110 cm³/mol. The quantitative estimate of drug-likeness (QED) is 0.802. The van der Waals surface area contributed by atoms with Crippen molar-refractivity contribution >= 4 is 16.9 Å². The average Bonchev–Trinajstić information content (AvgIpc) is 3.15. The number of rotatable bonds is 6. The van der Waals surface area contributed by atoms with E-state index in [-0.39, 0.29) is 11.4 Å². The number of morpholine rings is 1. The highest BCUT2D eigenvalue weighted by Gasteiger charge is 2.42. The van der Waals surface area contributed by atoms with Gasteiger partial charge < -0.3 is 19.4 Å². The number of nitrogens with one attached hydrogen (secondary N) is 2. The SMILES string of the molecule is CCc1ccc2c(CC(=O)NCC3([NH+]4CCOCC4)CCCCC3)coc2c1. The molecular weight excluding hydrogens is 352 g/mol. The third-order valence-corrected chi connectivity index (χ3v) is 6.76.